The van der Waals surface area contributed by atoms with Crippen LogP contribution >= 0.6 is 43.2 Å². The van der Waals surface area contributed by atoms with Gasteiger partial charge in [-0.3, -0.25) is 4.99 Å². The summed E-state index contributed by atoms with van der Waals surface area (Å²) in [6, 6.07) is 0. The maximum Gasteiger partial charge on any atom is 0.508 e. The zero-order valence-corrected chi connectivity index (χ0v) is 22.8. The molecule has 2 aliphatic carbocycles. The van der Waals surface area contributed by atoms with E-state index in [9.17, 15) is 19.9 Å². The number of aliphatic hydroxyl groups excluding tert-OH is 3. The van der Waals surface area contributed by atoms with Crippen LogP contribution in [-0.4, -0.2) is 85.5 Å². The highest BCUT2D eigenvalue weighted by Gasteiger charge is 2.75. The second-order valence-corrected chi connectivity index (χ2v) is 13.5. The number of anilines is 1. The Morgan fingerprint density at radius 2 is 2.03 bits per heavy atom. The van der Waals surface area contributed by atoms with E-state index in [0.717, 1.165) is 5.75 Å². The number of rotatable bonds is 13. The summed E-state index contributed by atoms with van der Waals surface area (Å²) < 4.78 is 23.9. The second-order valence-electron chi connectivity index (χ2n) is 9.08. The van der Waals surface area contributed by atoms with Crippen molar-refractivity contribution < 1.29 is 29.1 Å². The number of nitrogens with two attached hydrogens (primary N) is 1. The van der Waals surface area contributed by atoms with Crippen LogP contribution in [0.1, 0.15) is 31.9 Å². The Morgan fingerprint density at radius 3 is 2.77 bits per heavy atom. The summed E-state index contributed by atoms with van der Waals surface area (Å²) in [5.74, 6) is 0.811. The van der Waals surface area contributed by atoms with Gasteiger partial charge in [0.1, 0.15) is 17.7 Å². The molecule has 2 saturated carbocycles. The summed E-state index contributed by atoms with van der Waals surface area (Å²) in [5, 5.41) is 31.0. The van der Waals surface area contributed by atoms with Gasteiger partial charge < -0.3 is 25.8 Å². The zero-order chi connectivity index (χ0) is 25.3. The molecule has 0 aromatic carbocycles. The third-order valence-electron chi connectivity index (χ3n) is 6.84. The standard InChI is InChI=1S/C21H31ClN4O6PS2/c1-10(27)34-5-3-31-11(2)35-6-4-32-33(30)9-21-7-13(21)14(17(28)18(21)29)12-8-24-16-15(12)25-20(22)26-19(16)23/h8,10-14,17-18,27-29H,3-7,9H2,1-2H3,(H2,23,25,26)/q+1/t10?,11?,12?,13-,14-,17+,18+,21-/m1/s1. The lowest BCUT2D eigenvalue weighted by Crippen LogP contribution is -2.36. The Labute approximate surface area is 218 Å². The van der Waals surface area contributed by atoms with Gasteiger partial charge in [0.15, 0.2) is 12.0 Å². The Bertz CT molecular complexity index is 978. The number of aromatic nitrogens is 2. The Morgan fingerprint density at radius 1 is 1.29 bits per heavy atom. The number of fused-ring (bicyclic) bond motifs is 2. The molecule has 0 bridgehead atoms. The molecule has 1 aromatic heterocycles. The normalized spacial score (nSPS) is 32.9. The highest BCUT2D eigenvalue weighted by molar-refractivity contribution is 8.00. The summed E-state index contributed by atoms with van der Waals surface area (Å²) >= 11 is 8.97. The molecule has 4 rings (SSSR count). The van der Waals surface area contributed by atoms with E-state index in [-0.39, 0.29) is 40.5 Å². The molecule has 2 heterocycles. The third-order valence-corrected chi connectivity index (χ3v) is 10.2. The van der Waals surface area contributed by atoms with Crippen molar-refractivity contribution in [1.29, 1.82) is 0 Å². The number of hydrogen-bond acceptors (Lipinski definition) is 12. The fourth-order valence-electron chi connectivity index (χ4n) is 5.19. The van der Waals surface area contributed by atoms with Gasteiger partial charge in [0.05, 0.1) is 29.9 Å². The largest absolute Gasteiger partial charge is 0.508 e. The van der Waals surface area contributed by atoms with Crippen LogP contribution in [0.15, 0.2) is 4.99 Å². The number of ether oxygens (including phenoxy) is 1. The van der Waals surface area contributed by atoms with Crippen LogP contribution in [-0.2, 0) is 13.8 Å². The molecular weight excluding hydrogens is 535 g/mol. The number of nitrogen functional groups attached to an aromatic ring is 1. The van der Waals surface area contributed by atoms with Crippen molar-refractivity contribution in [3.8, 4) is 0 Å². The van der Waals surface area contributed by atoms with Gasteiger partial charge in [0, 0.05) is 35.0 Å². The molecular formula is C21H31ClN4O6PS2+. The highest BCUT2D eigenvalue weighted by Crippen LogP contribution is 2.71. The van der Waals surface area contributed by atoms with Crippen molar-refractivity contribution in [2.75, 3.05) is 36.6 Å². The van der Waals surface area contributed by atoms with E-state index in [2.05, 4.69) is 15.0 Å². The molecule has 194 valence electrons. The van der Waals surface area contributed by atoms with E-state index in [1.165, 1.54) is 11.8 Å². The first kappa shape index (κ1) is 27.5. The predicted molar refractivity (Wildman–Crippen MR) is 139 cm³/mol. The molecule has 2 fully saturated rings. The molecule has 14 heteroatoms. The van der Waals surface area contributed by atoms with Crippen LogP contribution in [0, 0.1) is 17.3 Å². The lowest BCUT2D eigenvalue weighted by Gasteiger charge is -2.25. The average molecular weight is 566 g/mol. The van der Waals surface area contributed by atoms with E-state index in [4.69, 9.17) is 26.6 Å². The van der Waals surface area contributed by atoms with Crippen molar-refractivity contribution in [2.24, 2.45) is 22.2 Å². The van der Waals surface area contributed by atoms with Gasteiger partial charge in [-0.25, -0.2) is 4.98 Å². The van der Waals surface area contributed by atoms with Gasteiger partial charge in [-0.2, -0.15) is 4.98 Å². The monoisotopic (exact) mass is 565 g/mol. The van der Waals surface area contributed by atoms with Gasteiger partial charge in [0.25, 0.3) is 0 Å². The first-order chi connectivity index (χ1) is 16.6. The first-order valence-electron chi connectivity index (χ1n) is 11.5. The van der Waals surface area contributed by atoms with Crippen LogP contribution in [0.25, 0.3) is 0 Å². The summed E-state index contributed by atoms with van der Waals surface area (Å²) in [5.41, 5.74) is 5.84. The molecule has 0 amide bonds. The van der Waals surface area contributed by atoms with Crippen LogP contribution < -0.4 is 5.73 Å². The molecule has 0 spiro atoms. The molecule has 9 atom stereocenters. The molecule has 3 aliphatic rings. The van der Waals surface area contributed by atoms with Crippen molar-refractivity contribution in [3.63, 3.8) is 0 Å². The van der Waals surface area contributed by atoms with Crippen molar-refractivity contribution in [3.05, 3.63) is 11.0 Å². The van der Waals surface area contributed by atoms with Crippen molar-refractivity contribution >= 4 is 60.9 Å². The Kier molecular flexibility index (Phi) is 8.99. The van der Waals surface area contributed by atoms with Gasteiger partial charge >= 0.3 is 8.03 Å². The van der Waals surface area contributed by atoms with Gasteiger partial charge in [-0.05, 0) is 42.4 Å². The van der Waals surface area contributed by atoms with Crippen molar-refractivity contribution in [2.45, 2.75) is 49.3 Å². The lowest BCUT2D eigenvalue weighted by atomic mass is 9.84. The minimum atomic E-state index is -2.00. The number of halogens is 1. The lowest BCUT2D eigenvalue weighted by molar-refractivity contribution is -0.0178. The number of hydrogen-bond donors (Lipinski definition) is 4. The summed E-state index contributed by atoms with van der Waals surface area (Å²) in [7, 11) is -2.00. The molecule has 0 radical (unpaired) electrons. The fraction of sp³-hybridized carbons (Fsp3) is 0.762. The van der Waals surface area contributed by atoms with Crippen LogP contribution in [0.4, 0.5) is 11.5 Å². The van der Waals surface area contributed by atoms with E-state index < -0.39 is 31.1 Å². The zero-order valence-electron chi connectivity index (χ0n) is 19.5. The maximum atomic E-state index is 12.7. The predicted octanol–water partition coefficient (Wildman–Crippen LogP) is 2.80. The number of aliphatic imine (C=N–C) groups is 1. The molecule has 35 heavy (non-hydrogen) atoms. The Balaban J connectivity index is 1.25. The SMILES string of the molecule is CC(O)SCCOC(C)SCCO[P+](=O)C[C@]12C[C@@H]1[C@@H](C1C=Nc3c(N)nc(Cl)nc31)[C@H](O)[C@@H]2O. The Hall–Kier alpha value is -0.560. The first-order valence-corrected chi connectivity index (χ1v) is 15.3. The van der Waals surface area contributed by atoms with E-state index in [1.54, 1.807) is 24.9 Å². The van der Waals surface area contributed by atoms with Crippen molar-refractivity contribution in [1.82, 2.24) is 9.97 Å². The number of aliphatic hydroxyl groups is 3. The summed E-state index contributed by atoms with van der Waals surface area (Å²) in [4.78, 5) is 12.5. The van der Waals surface area contributed by atoms with Crippen LogP contribution in [0.2, 0.25) is 5.28 Å². The van der Waals surface area contributed by atoms with E-state index >= 15 is 0 Å². The minimum absolute atomic E-state index is 0.0135. The van der Waals surface area contributed by atoms with Gasteiger partial charge in [-0.15, -0.1) is 28.0 Å². The molecule has 5 N–H and O–H groups in total. The molecule has 4 unspecified atom stereocenters. The maximum absolute atomic E-state index is 12.7. The summed E-state index contributed by atoms with van der Waals surface area (Å²) in [6.07, 6.45) is 0.516. The van der Waals surface area contributed by atoms with Gasteiger partial charge in [0.2, 0.25) is 5.28 Å². The number of nitrogens with zero attached hydrogens (tertiary/aromatic N) is 3. The number of thioether (sulfide) groups is 2. The molecule has 1 aliphatic heterocycles. The van der Waals surface area contributed by atoms with Crippen LogP contribution in [0.5, 0.6) is 0 Å². The summed E-state index contributed by atoms with van der Waals surface area (Å²) in [6.45, 7) is 4.51. The van der Waals surface area contributed by atoms with Crippen LogP contribution in [0.3, 0.4) is 0 Å². The molecule has 0 saturated heterocycles. The highest BCUT2D eigenvalue weighted by atomic mass is 35.5. The second kappa shape index (κ2) is 11.4. The van der Waals surface area contributed by atoms with E-state index in [1.807, 2.05) is 6.92 Å². The smallest absolute Gasteiger partial charge is 0.390 e. The topological polar surface area (TPSA) is 160 Å². The van der Waals surface area contributed by atoms with E-state index in [0.29, 0.717) is 36.8 Å². The minimum Gasteiger partial charge on any atom is -0.390 e. The fourth-order valence-corrected chi connectivity index (χ4v) is 8.15. The third kappa shape index (κ3) is 5.97. The van der Waals surface area contributed by atoms with Gasteiger partial charge in [-0.1, -0.05) is 0 Å². The average Bonchev–Trinajstić information content (AvgIpc) is 3.26. The molecule has 1 aromatic rings. The quantitative estimate of drug-likeness (QED) is 0.120. The molecule has 10 nitrogen and oxygen atoms in total.